The van der Waals surface area contributed by atoms with E-state index >= 15 is 0 Å². The molecule has 7 nitrogen and oxygen atoms in total. The number of hydrogen-bond donors (Lipinski definition) is 3. The van der Waals surface area contributed by atoms with E-state index in [1.807, 2.05) is 0 Å². The smallest absolute Gasteiger partial charge is 0.322 e. The van der Waals surface area contributed by atoms with Crippen LogP contribution in [0.25, 0.3) is 0 Å². The van der Waals surface area contributed by atoms with Gasteiger partial charge in [0.15, 0.2) is 0 Å². The fourth-order valence-corrected chi connectivity index (χ4v) is 2.82. The zero-order valence-electron chi connectivity index (χ0n) is 15.0. The predicted octanol–water partition coefficient (Wildman–Crippen LogP) is 3.44. The minimum absolute atomic E-state index is 0.0343. The van der Waals surface area contributed by atoms with Crippen LogP contribution in [-0.4, -0.2) is 48.0 Å². The van der Waals surface area contributed by atoms with E-state index in [1.165, 1.54) is 23.2 Å². The van der Waals surface area contributed by atoms with Crippen molar-refractivity contribution < 1.29 is 22.8 Å². The topological polar surface area (TPSA) is 86.4 Å². The summed E-state index contributed by atoms with van der Waals surface area (Å²) in [5.41, 5.74) is -1.38. The van der Waals surface area contributed by atoms with E-state index in [-0.39, 0.29) is 17.1 Å². The second kappa shape index (κ2) is 8.66. The Labute approximate surface area is 169 Å². The predicted molar refractivity (Wildman–Crippen MR) is 102 cm³/mol. The van der Waals surface area contributed by atoms with Crippen molar-refractivity contribution in [2.45, 2.75) is 6.18 Å². The molecule has 1 aromatic heterocycles. The zero-order chi connectivity index (χ0) is 21.0. The highest BCUT2D eigenvalue weighted by Crippen LogP contribution is 2.32. The molecule has 1 aliphatic rings. The van der Waals surface area contributed by atoms with Crippen LogP contribution in [0.4, 0.5) is 29.5 Å². The van der Waals surface area contributed by atoms with Crippen molar-refractivity contribution in [1.82, 2.24) is 15.2 Å². The number of carbonyl (C=O) groups excluding carboxylic acids is 2. The van der Waals surface area contributed by atoms with Crippen molar-refractivity contribution in [2.24, 2.45) is 0 Å². The average molecular weight is 428 g/mol. The van der Waals surface area contributed by atoms with Gasteiger partial charge in [-0.15, -0.1) is 0 Å². The number of rotatable bonds is 3. The molecule has 1 aromatic carbocycles. The molecule has 1 aliphatic heterocycles. The van der Waals surface area contributed by atoms with Crippen LogP contribution in [0.1, 0.15) is 15.9 Å². The summed E-state index contributed by atoms with van der Waals surface area (Å²) in [6.45, 7) is 2.11. The average Bonchev–Trinajstić information content (AvgIpc) is 2.69. The molecule has 0 saturated carbocycles. The standard InChI is InChI=1S/C18H17ClF3N5O2/c19-12-2-4-15(24-10-12)26-16(28)13-9-11(18(20,21)22)1-3-14(13)25-17(29)27-7-5-23-6-8-27/h1-4,9-10,23H,5-8H2,(H,25,29)(H,24,26,28). The van der Waals surface area contributed by atoms with Gasteiger partial charge in [-0.05, 0) is 30.3 Å². The third kappa shape index (κ3) is 5.36. The first-order valence-electron chi connectivity index (χ1n) is 8.65. The number of hydrogen-bond acceptors (Lipinski definition) is 4. The van der Waals surface area contributed by atoms with Gasteiger partial charge in [0.05, 0.1) is 21.8 Å². The normalized spacial score (nSPS) is 14.4. The molecule has 0 spiro atoms. The molecule has 29 heavy (non-hydrogen) atoms. The molecule has 0 atom stereocenters. The monoisotopic (exact) mass is 427 g/mol. The molecule has 2 aromatic rings. The number of benzene rings is 1. The highest BCUT2D eigenvalue weighted by atomic mass is 35.5. The molecule has 0 aliphatic carbocycles. The van der Waals surface area contributed by atoms with Gasteiger partial charge in [0, 0.05) is 32.4 Å². The first kappa shape index (κ1) is 20.9. The summed E-state index contributed by atoms with van der Waals surface area (Å²) in [5, 5.41) is 8.36. The van der Waals surface area contributed by atoms with E-state index in [0.29, 0.717) is 37.3 Å². The summed E-state index contributed by atoms with van der Waals surface area (Å²) in [4.78, 5) is 30.5. The quantitative estimate of drug-likeness (QED) is 0.700. The van der Waals surface area contributed by atoms with Gasteiger partial charge >= 0.3 is 12.2 Å². The van der Waals surface area contributed by atoms with Gasteiger partial charge < -0.3 is 20.9 Å². The number of nitrogens with zero attached hydrogens (tertiary/aromatic N) is 2. The van der Waals surface area contributed by atoms with Crippen LogP contribution in [-0.2, 0) is 6.18 Å². The van der Waals surface area contributed by atoms with E-state index < -0.39 is 23.7 Å². The molecular weight excluding hydrogens is 411 g/mol. The number of piperazine rings is 1. The molecule has 0 bridgehead atoms. The maximum absolute atomic E-state index is 13.1. The Kier molecular flexibility index (Phi) is 6.23. The van der Waals surface area contributed by atoms with Crippen LogP contribution in [0, 0.1) is 0 Å². The van der Waals surface area contributed by atoms with Crippen molar-refractivity contribution in [3.05, 3.63) is 52.7 Å². The fraction of sp³-hybridized carbons (Fsp3) is 0.278. The Bertz CT molecular complexity index is 899. The van der Waals surface area contributed by atoms with E-state index in [1.54, 1.807) is 0 Å². The first-order valence-corrected chi connectivity index (χ1v) is 9.02. The second-order valence-electron chi connectivity index (χ2n) is 6.24. The van der Waals surface area contributed by atoms with Gasteiger partial charge in [-0.2, -0.15) is 13.2 Å². The van der Waals surface area contributed by atoms with Gasteiger partial charge in [0.25, 0.3) is 5.91 Å². The second-order valence-corrected chi connectivity index (χ2v) is 6.68. The van der Waals surface area contributed by atoms with Crippen molar-refractivity contribution in [3.63, 3.8) is 0 Å². The molecule has 11 heteroatoms. The summed E-state index contributed by atoms with van der Waals surface area (Å²) >= 11 is 5.74. The minimum Gasteiger partial charge on any atom is -0.322 e. The number of pyridine rings is 1. The summed E-state index contributed by atoms with van der Waals surface area (Å²) in [6, 6.07) is 4.96. The van der Waals surface area contributed by atoms with E-state index in [4.69, 9.17) is 11.6 Å². The molecule has 1 fully saturated rings. The van der Waals surface area contributed by atoms with E-state index in [0.717, 1.165) is 12.1 Å². The van der Waals surface area contributed by atoms with Gasteiger partial charge in [-0.25, -0.2) is 9.78 Å². The lowest BCUT2D eigenvalue weighted by molar-refractivity contribution is -0.137. The van der Waals surface area contributed by atoms with Crippen LogP contribution >= 0.6 is 11.6 Å². The Balaban J connectivity index is 1.87. The number of anilines is 2. The third-order valence-electron chi connectivity index (χ3n) is 4.21. The molecule has 2 heterocycles. The summed E-state index contributed by atoms with van der Waals surface area (Å²) in [7, 11) is 0. The summed E-state index contributed by atoms with van der Waals surface area (Å²) < 4.78 is 39.4. The highest BCUT2D eigenvalue weighted by Gasteiger charge is 2.32. The minimum atomic E-state index is -4.64. The van der Waals surface area contributed by atoms with Gasteiger partial charge in [-0.3, -0.25) is 4.79 Å². The number of alkyl halides is 3. The molecule has 1 saturated heterocycles. The number of nitrogens with one attached hydrogen (secondary N) is 3. The molecule has 3 rings (SSSR count). The number of carbonyl (C=O) groups is 2. The van der Waals surface area contributed by atoms with Crippen LogP contribution in [0.5, 0.6) is 0 Å². The van der Waals surface area contributed by atoms with Crippen LogP contribution < -0.4 is 16.0 Å². The Hall–Kier alpha value is -2.85. The molecule has 0 unspecified atom stereocenters. The largest absolute Gasteiger partial charge is 0.416 e. The van der Waals surface area contributed by atoms with Crippen molar-refractivity contribution in [2.75, 3.05) is 36.8 Å². The molecule has 0 radical (unpaired) electrons. The van der Waals surface area contributed by atoms with Crippen LogP contribution in [0.15, 0.2) is 36.5 Å². The highest BCUT2D eigenvalue weighted by molar-refractivity contribution is 6.30. The number of aromatic nitrogens is 1. The van der Waals surface area contributed by atoms with Crippen molar-refractivity contribution in [1.29, 1.82) is 0 Å². The summed E-state index contributed by atoms with van der Waals surface area (Å²) in [5.74, 6) is -0.738. The van der Waals surface area contributed by atoms with Crippen LogP contribution in [0.2, 0.25) is 5.02 Å². The van der Waals surface area contributed by atoms with E-state index in [9.17, 15) is 22.8 Å². The Morgan fingerprint density at radius 2 is 1.83 bits per heavy atom. The molecule has 3 amide bonds. The fourth-order valence-electron chi connectivity index (χ4n) is 2.71. The molecule has 154 valence electrons. The number of urea groups is 1. The molecular formula is C18H17ClF3N5O2. The van der Waals surface area contributed by atoms with Crippen molar-refractivity contribution >= 4 is 35.0 Å². The molecule has 3 N–H and O–H groups in total. The van der Waals surface area contributed by atoms with Gasteiger partial charge in [-0.1, -0.05) is 11.6 Å². The van der Waals surface area contributed by atoms with E-state index in [2.05, 4.69) is 20.9 Å². The lowest BCUT2D eigenvalue weighted by Gasteiger charge is -2.28. The maximum Gasteiger partial charge on any atom is 0.416 e. The number of halogens is 4. The third-order valence-corrected chi connectivity index (χ3v) is 4.43. The SMILES string of the molecule is O=C(Nc1ccc(Cl)cn1)c1cc(C(F)(F)F)ccc1NC(=O)N1CCNCC1. The first-order chi connectivity index (χ1) is 13.7. The Morgan fingerprint density at radius 3 is 2.45 bits per heavy atom. The number of amides is 3. The lowest BCUT2D eigenvalue weighted by atomic mass is 10.1. The van der Waals surface area contributed by atoms with Gasteiger partial charge in [0.2, 0.25) is 0 Å². The lowest BCUT2D eigenvalue weighted by Crippen LogP contribution is -2.48. The zero-order valence-corrected chi connectivity index (χ0v) is 15.8. The van der Waals surface area contributed by atoms with Gasteiger partial charge in [0.1, 0.15) is 5.82 Å². The van der Waals surface area contributed by atoms with Crippen LogP contribution in [0.3, 0.4) is 0 Å². The summed E-state index contributed by atoms with van der Waals surface area (Å²) in [6.07, 6.45) is -3.36. The maximum atomic E-state index is 13.1. The Morgan fingerprint density at radius 1 is 1.10 bits per heavy atom. The van der Waals surface area contributed by atoms with Crippen molar-refractivity contribution in [3.8, 4) is 0 Å².